The van der Waals surface area contributed by atoms with Crippen LogP contribution in [0.3, 0.4) is 0 Å². The van der Waals surface area contributed by atoms with Crippen LogP contribution in [0, 0.1) is 0 Å². The first-order chi connectivity index (χ1) is 7.52. The highest BCUT2D eigenvalue weighted by atomic mass is 79.9. The largest absolute Gasteiger partial charge is 0.468 e. The number of esters is 1. The van der Waals surface area contributed by atoms with Crippen molar-refractivity contribution in [2.45, 2.75) is 32.5 Å². The lowest BCUT2D eigenvalue weighted by atomic mass is 10.2. The molecule has 5 nitrogen and oxygen atoms in total. The number of carbonyl (C=O) groups excluding carboxylic acids is 1. The molecular formula is C10H16BrN3O2. The van der Waals surface area contributed by atoms with Gasteiger partial charge in [-0.3, -0.25) is 9.48 Å². The molecule has 6 heteroatoms. The molecule has 0 radical (unpaired) electrons. The van der Waals surface area contributed by atoms with Gasteiger partial charge in [-0.1, -0.05) is 0 Å². The molecule has 0 fully saturated rings. The Hall–Kier alpha value is -0.880. The Kier molecular flexibility index (Phi) is 4.95. The Balaban J connectivity index is 2.41. The Labute approximate surface area is 103 Å². The van der Waals surface area contributed by atoms with Crippen LogP contribution in [0.4, 0.5) is 0 Å². The summed E-state index contributed by atoms with van der Waals surface area (Å²) < 4.78 is 7.39. The summed E-state index contributed by atoms with van der Waals surface area (Å²) in [5.41, 5.74) is 0. The summed E-state index contributed by atoms with van der Waals surface area (Å²) >= 11 is 3.33. The van der Waals surface area contributed by atoms with Gasteiger partial charge in [-0.25, -0.2) is 0 Å². The first-order valence-corrected chi connectivity index (χ1v) is 5.84. The zero-order chi connectivity index (χ0) is 12.1. The summed E-state index contributed by atoms with van der Waals surface area (Å²) in [6.07, 6.45) is 3.62. The van der Waals surface area contributed by atoms with Crippen LogP contribution in [0.25, 0.3) is 0 Å². The van der Waals surface area contributed by atoms with E-state index in [4.69, 9.17) is 0 Å². The van der Waals surface area contributed by atoms with Crippen molar-refractivity contribution in [2.24, 2.45) is 0 Å². The Bertz CT molecular complexity index is 354. The van der Waals surface area contributed by atoms with Crippen molar-refractivity contribution in [2.75, 3.05) is 7.11 Å². The zero-order valence-electron chi connectivity index (χ0n) is 9.61. The number of hydrogen-bond donors (Lipinski definition) is 1. The molecular weight excluding hydrogens is 274 g/mol. The van der Waals surface area contributed by atoms with Crippen molar-refractivity contribution in [1.29, 1.82) is 0 Å². The predicted octanol–water partition coefficient (Wildman–Crippen LogP) is 1.19. The molecule has 90 valence electrons. The highest BCUT2D eigenvalue weighted by Gasteiger charge is 2.15. The van der Waals surface area contributed by atoms with Gasteiger partial charge in [0.05, 0.1) is 24.3 Å². The molecule has 0 aromatic carbocycles. The number of nitrogens with one attached hydrogen (secondary N) is 1. The first-order valence-electron chi connectivity index (χ1n) is 5.04. The van der Waals surface area contributed by atoms with Gasteiger partial charge in [-0.15, -0.1) is 0 Å². The van der Waals surface area contributed by atoms with Gasteiger partial charge in [0, 0.05) is 12.2 Å². The monoisotopic (exact) mass is 289 g/mol. The summed E-state index contributed by atoms with van der Waals surface area (Å²) in [5.74, 6) is -0.256. The summed E-state index contributed by atoms with van der Waals surface area (Å²) in [4.78, 5) is 11.2. The standard InChI is InChI=1S/C10H16BrN3O2/c1-7(13-8(2)10(15)16-3)5-14-6-9(11)4-12-14/h4,6-8,13H,5H2,1-3H3/t7-,8-/m1/s1. The fourth-order valence-corrected chi connectivity index (χ4v) is 1.77. The molecule has 1 aromatic rings. The van der Waals surface area contributed by atoms with E-state index in [2.05, 4.69) is 31.1 Å². The molecule has 0 aliphatic carbocycles. The van der Waals surface area contributed by atoms with E-state index in [0.29, 0.717) is 6.54 Å². The van der Waals surface area contributed by atoms with Crippen LogP contribution >= 0.6 is 15.9 Å². The molecule has 16 heavy (non-hydrogen) atoms. The van der Waals surface area contributed by atoms with Gasteiger partial charge in [0.25, 0.3) is 0 Å². The van der Waals surface area contributed by atoms with E-state index in [1.165, 1.54) is 7.11 Å². The maximum Gasteiger partial charge on any atom is 0.322 e. The topological polar surface area (TPSA) is 56.1 Å². The molecule has 0 bridgehead atoms. The van der Waals surface area contributed by atoms with E-state index >= 15 is 0 Å². The summed E-state index contributed by atoms with van der Waals surface area (Å²) in [6, 6.07) is -0.167. The average molecular weight is 290 g/mol. The van der Waals surface area contributed by atoms with Gasteiger partial charge in [-0.2, -0.15) is 5.10 Å². The molecule has 1 rings (SSSR count). The number of carbonyl (C=O) groups is 1. The lowest BCUT2D eigenvalue weighted by molar-refractivity contribution is -0.142. The summed E-state index contributed by atoms with van der Waals surface area (Å²) in [6.45, 7) is 4.48. The van der Waals surface area contributed by atoms with Crippen LogP contribution < -0.4 is 5.32 Å². The van der Waals surface area contributed by atoms with Crippen LogP contribution in [0.5, 0.6) is 0 Å². The minimum Gasteiger partial charge on any atom is -0.468 e. The number of rotatable bonds is 5. The second-order valence-electron chi connectivity index (χ2n) is 3.69. The van der Waals surface area contributed by atoms with E-state index in [0.717, 1.165) is 4.47 Å². The lowest BCUT2D eigenvalue weighted by Gasteiger charge is -2.18. The zero-order valence-corrected chi connectivity index (χ0v) is 11.2. The lowest BCUT2D eigenvalue weighted by Crippen LogP contribution is -2.42. The minimum absolute atomic E-state index is 0.140. The Morgan fingerprint density at radius 1 is 1.69 bits per heavy atom. The van der Waals surface area contributed by atoms with Crippen LogP contribution in [-0.4, -0.2) is 34.9 Å². The van der Waals surface area contributed by atoms with Gasteiger partial charge in [0.15, 0.2) is 0 Å². The number of hydrogen-bond acceptors (Lipinski definition) is 4. The Morgan fingerprint density at radius 2 is 2.38 bits per heavy atom. The molecule has 2 atom stereocenters. The normalized spacial score (nSPS) is 14.5. The van der Waals surface area contributed by atoms with Crippen molar-refractivity contribution in [3.63, 3.8) is 0 Å². The number of aromatic nitrogens is 2. The van der Waals surface area contributed by atoms with Gasteiger partial charge < -0.3 is 10.1 Å². The number of ether oxygens (including phenoxy) is 1. The second-order valence-corrected chi connectivity index (χ2v) is 4.61. The van der Waals surface area contributed by atoms with E-state index in [1.54, 1.807) is 13.1 Å². The molecule has 1 heterocycles. The molecule has 1 N–H and O–H groups in total. The maximum absolute atomic E-state index is 11.2. The van der Waals surface area contributed by atoms with E-state index in [-0.39, 0.29) is 18.1 Å². The molecule has 0 aliphatic heterocycles. The SMILES string of the molecule is COC(=O)[C@@H](C)N[C@H](C)Cn1cc(Br)cn1. The molecule has 0 aliphatic rings. The van der Waals surface area contributed by atoms with Gasteiger partial charge in [-0.05, 0) is 29.8 Å². The molecule has 0 amide bonds. The first kappa shape index (κ1) is 13.2. The third kappa shape index (κ3) is 3.94. The fraction of sp³-hybridized carbons (Fsp3) is 0.600. The third-order valence-corrected chi connectivity index (χ3v) is 2.56. The summed E-state index contributed by atoms with van der Waals surface area (Å²) in [7, 11) is 1.38. The number of methoxy groups -OCH3 is 1. The van der Waals surface area contributed by atoms with E-state index < -0.39 is 0 Å². The maximum atomic E-state index is 11.2. The van der Waals surface area contributed by atoms with Crippen molar-refractivity contribution in [3.05, 3.63) is 16.9 Å². The van der Waals surface area contributed by atoms with E-state index in [9.17, 15) is 4.79 Å². The molecule has 0 saturated carbocycles. The predicted molar refractivity (Wildman–Crippen MR) is 64.0 cm³/mol. The highest BCUT2D eigenvalue weighted by molar-refractivity contribution is 9.10. The third-order valence-electron chi connectivity index (χ3n) is 2.15. The van der Waals surface area contributed by atoms with Gasteiger partial charge in [0.2, 0.25) is 0 Å². The minimum atomic E-state index is -0.306. The van der Waals surface area contributed by atoms with Crippen molar-refractivity contribution < 1.29 is 9.53 Å². The van der Waals surface area contributed by atoms with E-state index in [1.807, 2.05) is 17.8 Å². The number of nitrogens with zero attached hydrogens (tertiary/aromatic N) is 2. The molecule has 0 unspecified atom stereocenters. The van der Waals surface area contributed by atoms with Gasteiger partial charge in [0.1, 0.15) is 6.04 Å². The number of halogens is 1. The molecule has 0 saturated heterocycles. The second kappa shape index (κ2) is 6.00. The van der Waals surface area contributed by atoms with Crippen LogP contribution in [0.15, 0.2) is 16.9 Å². The van der Waals surface area contributed by atoms with Crippen molar-refractivity contribution in [1.82, 2.24) is 15.1 Å². The molecule has 0 spiro atoms. The summed E-state index contributed by atoms with van der Waals surface area (Å²) in [5, 5.41) is 7.28. The fourth-order valence-electron chi connectivity index (χ4n) is 1.44. The quantitative estimate of drug-likeness (QED) is 0.828. The smallest absolute Gasteiger partial charge is 0.322 e. The van der Waals surface area contributed by atoms with Crippen molar-refractivity contribution >= 4 is 21.9 Å². The molecule has 1 aromatic heterocycles. The highest BCUT2D eigenvalue weighted by Crippen LogP contribution is 2.06. The average Bonchev–Trinajstić information content (AvgIpc) is 2.62. The Morgan fingerprint density at radius 3 is 2.88 bits per heavy atom. The van der Waals surface area contributed by atoms with Crippen LogP contribution in [0.2, 0.25) is 0 Å². The van der Waals surface area contributed by atoms with Crippen LogP contribution in [0.1, 0.15) is 13.8 Å². The van der Waals surface area contributed by atoms with Gasteiger partial charge >= 0.3 is 5.97 Å². The van der Waals surface area contributed by atoms with Crippen LogP contribution in [-0.2, 0) is 16.1 Å². The van der Waals surface area contributed by atoms with Crippen molar-refractivity contribution in [3.8, 4) is 0 Å².